The summed E-state index contributed by atoms with van der Waals surface area (Å²) in [5.41, 5.74) is 6.38. The number of nitrogens with two attached hydrogens (primary N) is 1. The zero-order valence-corrected chi connectivity index (χ0v) is 13.4. The first-order valence-electron chi connectivity index (χ1n) is 5.66. The number of rotatable bonds is 2. The number of ether oxygens (including phenoxy) is 1. The number of carbonyl (C=O) groups is 1. The molecule has 19 heavy (non-hydrogen) atoms. The standard InChI is InChI=1S/C11H17N3O2S.2ClH/c1-7-10(17-8(2)13-7)11(15)14-3-4-16-9(5-12)6-14;;/h9H,3-6,12H2,1-2H3;2*1H. The van der Waals surface area contributed by atoms with Crippen LogP contribution < -0.4 is 5.73 Å². The van der Waals surface area contributed by atoms with E-state index in [4.69, 9.17) is 10.5 Å². The summed E-state index contributed by atoms with van der Waals surface area (Å²) in [5.74, 6) is 0.0508. The van der Waals surface area contributed by atoms with Crippen molar-refractivity contribution in [2.24, 2.45) is 5.73 Å². The van der Waals surface area contributed by atoms with Crippen LogP contribution in [0.1, 0.15) is 20.4 Å². The third-order valence-corrected chi connectivity index (χ3v) is 3.85. The molecule has 1 atom stereocenters. The van der Waals surface area contributed by atoms with Crippen molar-refractivity contribution in [2.45, 2.75) is 20.0 Å². The van der Waals surface area contributed by atoms with Gasteiger partial charge in [0, 0.05) is 19.6 Å². The van der Waals surface area contributed by atoms with Gasteiger partial charge in [0.15, 0.2) is 0 Å². The van der Waals surface area contributed by atoms with E-state index in [-0.39, 0.29) is 36.8 Å². The van der Waals surface area contributed by atoms with Gasteiger partial charge in [-0.2, -0.15) is 0 Å². The van der Waals surface area contributed by atoms with Crippen molar-refractivity contribution in [1.29, 1.82) is 0 Å². The summed E-state index contributed by atoms with van der Waals surface area (Å²) >= 11 is 1.45. The maximum Gasteiger partial charge on any atom is 0.266 e. The monoisotopic (exact) mass is 327 g/mol. The highest BCUT2D eigenvalue weighted by Gasteiger charge is 2.26. The van der Waals surface area contributed by atoms with Crippen LogP contribution in [0.15, 0.2) is 0 Å². The molecular formula is C11H19Cl2N3O2S. The van der Waals surface area contributed by atoms with Crippen LogP contribution in [0.4, 0.5) is 0 Å². The molecule has 0 bridgehead atoms. The number of hydrogen-bond donors (Lipinski definition) is 1. The van der Waals surface area contributed by atoms with E-state index in [1.165, 1.54) is 11.3 Å². The van der Waals surface area contributed by atoms with Gasteiger partial charge in [-0.25, -0.2) is 4.98 Å². The molecule has 1 unspecified atom stereocenters. The van der Waals surface area contributed by atoms with E-state index >= 15 is 0 Å². The smallest absolute Gasteiger partial charge is 0.266 e. The number of aromatic nitrogens is 1. The van der Waals surface area contributed by atoms with Gasteiger partial charge in [-0.15, -0.1) is 36.2 Å². The Morgan fingerprint density at radius 1 is 1.53 bits per heavy atom. The van der Waals surface area contributed by atoms with Gasteiger partial charge in [-0.1, -0.05) is 0 Å². The second-order valence-corrected chi connectivity index (χ2v) is 5.33. The summed E-state index contributed by atoms with van der Waals surface area (Å²) in [7, 11) is 0. The van der Waals surface area contributed by atoms with E-state index in [1.807, 2.05) is 13.8 Å². The van der Waals surface area contributed by atoms with Crippen LogP contribution in [-0.2, 0) is 4.74 Å². The van der Waals surface area contributed by atoms with Gasteiger partial charge in [0.1, 0.15) is 4.88 Å². The number of amides is 1. The Balaban J connectivity index is 0.00000162. The Kier molecular flexibility index (Phi) is 7.85. The fourth-order valence-corrected chi connectivity index (χ4v) is 2.81. The molecule has 2 N–H and O–H groups in total. The van der Waals surface area contributed by atoms with Crippen molar-refractivity contribution >= 4 is 42.1 Å². The molecule has 0 aliphatic carbocycles. The van der Waals surface area contributed by atoms with E-state index in [2.05, 4.69) is 4.98 Å². The highest BCUT2D eigenvalue weighted by atomic mass is 35.5. The minimum atomic E-state index is -0.0398. The number of halogens is 2. The molecule has 8 heteroatoms. The van der Waals surface area contributed by atoms with Crippen LogP contribution in [0.5, 0.6) is 0 Å². The average Bonchev–Trinajstić information content (AvgIpc) is 2.67. The summed E-state index contributed by atoms with van der Waals surface area (Å²) in [6.45, 7) is 6.00. The van der Waals surface area contributed by atoms with Gasteiger partial charge in [-0.3, -0.25) is 4.79 Å². The lowest BCUT2D eigenvalue weighted by molar-refractivity contribution is -0.0166. The average molecular weight is 328 g/mol. The maximum atomic E-state index is 12.3. The quantitative estimate of drug-likeness (QED) is 0.891. The molecule has 1 saturated heterocycles. The summed E-state index contributed by atoms with van der Waals surface area (Å²) in [4.78, 5) is 19.1. The summed E-state index contributed by atoms with van der Waals surface area (Å²) in [6, 6.07) is 0. The minimum absolute atomic E-state index is 0. The first-order valence-corrected chi connectivity index (χ1v) is 6.48. The number of thiazole rings is 1. The van der Waals surface area contributed by atoms with Gasteiger partial charge in [-0.05, 0) is 13.8 Å². The predicted octanol–water partition coefficient (Wildman–Crippen LogP) is 1.40. The van der Waals surface area contributed by atoms with E-state index < -0.39 is 0 Å². The molecule has 0 radical (unpaired) electrons. The normalized spacial score (nSPS) is 18.5. The Labute approximate surface area is 129 Å². The Morgan fingerprint density at radius 2 is 2.21 bits per heavy atom. The van der Waals surface area contributed by atoms with Crippen LogP contribution in [0.2, 0.25) is 0 Å². The molecule has 0 spiro atoms. The topological polar surface area (TPSA) is 68.5 Å². The third-order valence-electron chi connectivity index (χ3n) is 2.79. The molecular weight excluding hydrogens is 309 g/mol. The van der Waals surface area contributed by atoms with Crippen LogP contribution >= 0.6 is 36.2 Å². The fraction of sp³-hybridized carbons (Fsp3) is 0.636. The lowest BCUT2D eigenvalue weighted by Gasteiger charge is -2.32. The first kappa shape index (κ1) is 18.6. The highest BCUT2D eigenvalue weighted by molar-refractivity contribution is 7.13. The van der Waals surface area contributed by atoms with Gasteiger partial charge < -0.3 is 15.4 Å². The summed E-state index contributed by atoms with van der Waals surface area (Å²) in [5, 5.41) is 0.925. The molecule has 5 nitrogen and oxygen atoms in total. The van der Waals surface area contributed by atoms with Gasteiger partial charge in [0.25, 0.3) is 5.91 Å². The Bertz CT molecular complexity index is 428. The van der Waals surface area contributed by atoms with Crippen molar-refractivity contribution in [3.63, 3.8) is 0 Å². The largest absolute Gasteiger partial charge is 0.373 e. The summed E-state index contributed by atoms with van der Waals surface area (Å²) in [6.07, 6.45) is -0.0398. The number of carbonyl (C=O) groups excluding carboxylic acids is 1. The van der Waals surface area contributed by atoms with Crippen molar-refractivity contribution in [3.05, 3.63) is 15.6 Å². The molecule has 0 saturated carbocycles. The third kappa shape index (κ3) is 4.29. The van der Waals surface area contributed by atoms with E-state index in [0.717, 1.165) is 15.6 Å². The molecule has 110 valence electrons. The number of morpholine rings is 1. The van der Waals surface area contributed by atoms with Crippen molar-refractivity contribution in [2.75, 3.05) is 26.2 Å². The Hall–Kier alpha value is -0.400. The number of aryl methyl sites for hydroxylation is 2. The second-order valence-electron chi connectivity index (χ2n) is 4.13. The van der Waals surface area contributed by atoms with E-state index in [1.54, 1.807) is 4.90 Å². The lowest BCUT2D eigenvalue weighted by atomic mass is 10.2. The molecule has 2 heterocycles. The van der Waals surface area contributed by atoms with Crippen LogP contribution in [0.25, 0.3) is 0 Å². The molecule has 1 fully saturated rings. The van der Waals surface area contributed by atoms with Crippen LogP contribution in [-0.4, -0.2) is 48.1 Å². The van der Waals surface area contributed by atoms with E-state index in [0.29, 0.717) is 26.2 Å². The summed E-state index contributed by atoms with van der Waals surface area (Å²) < 4.78 is 5.45. The zero-order chi connectivity index (χ0) is 12.4. The maximum absolute atomic E-state index is 12.3. The van der Waals surface area contributed by atoms with Gasteiger partial charge in [0.05, 0.1) is 23.4 Å². The van der Waals surface area contributed by atoms with Crippen LogP contribution in [0.3, 0.4) is 0 Å². The van der Waals surface area contributed by atoms with Crippen molar-refractivity contribution in [3.8, 4) is 0 Å². The van der Waals surface area contributed by atoms with Gasteiger partial charge in [0.2, 0.25) is 0 Å². The SMILES string of the molecule is Cc1nc(C)c(C(=O)N2CCOC(CN)C2)s1.Cl.Cl. The van der Waals surface area contributed by atoms with Crippen molar-refractivity contribution in [1.82, 2.24) is 9.88 Å². The minimum Gasteiger partial charge on any atom is -0.373 e. The molecule has 2 rings (SSSR count). The molecule has 1 aliphatic heterocycles. The molecule has 1 aromatic heterocycles. The van der Waals surface area contributed by atoms with Crippen molar-refractivity contribution < 1.29 is 9.53 Å². The van der Waals surface area contributed by atoms with E-state index in [9.17, 15) is 4.79 Å². The second kappa shape index (κ2) is 8.01. The van der Waals surface area contributed by atoms with Gasteiger partial charge >= 0.3 is 0 Å². The number of nitrogens with zero attached hydrogens (tertiary/aromatic N) is 2. The molecule has 1 aromatic rings. The fourth-order valence-electron chi connectivity index (χ4n) is 1.92. The Morgan fingerprint density at radius 3 is 2.74 bits per heavy atom. The number of hydrogen-bond acceptors (Lipinski definition) is 5. The highest BCUT2D eigenvalue weighted by Crippen LogP contribution is 2.20. The molecule has 0 aromatic carbocycles. The first-order chi connectivity index (χ1) is 8.11. The predicted molar refractivity (Wildman–Crippen MR) is 80.8 cm³/mol. The zero-order valence-electron chi connectivity index (χ0n) is 10.9. The lowest BCUT2D eigenvalue weighted by Crippen LogP contribution is -2.48. The molecule has 1 aliphatic rings. The molecule has 1 amide bonds. The van der Waals surface area contributed by atoms with Crippen LogP contribution in [0, 0.1) is 13.8 Å².